The zero-order valence-electron chi connectivity index (χ0n) is 17.6. The van der Waals surface area contributed by atoms with Gasteiger partial charge in [-0.05, 0) is 43.5 Å². The Kier molecular flexibility index (Phi) is 7.18. The minimum Gasteiger partial charge on any atom is -0.351 e. The van der Waals surface area contributed by atoms with Crippen LogP contribution >= 0.6 is 11.6 Å². The number of sulfonamides is 1. The average molecular weight is 450 g/mol. The summed E-state index contributed by atoms with van der Waals surface area (Å²) in [6.07, 6.45) is 0. The molecular formula is C22H28ClN3O3S. The van der Waals surface area contributed by atoms with Gasteiger partial charge in [-0.3, -0.25) is 9.69 Å². The van der Waals surface area contributed by atoms with Gasteiger partial charge in [0.25, 0.3) is 0 Å². The maximum atomic E-state index is 13.2. The third-order valence-electron chi connectivity index (χ3n) is 5.33. The summed E-state index contributed by atoms with van der Waals surface area (Å²) in [7, 11) is -3.55. The maximum Gasteiger partial charge on any atom is 0.243 e. The minimum atomic E-state index is -3.55. The fourth-order valence-corrected chi connectivity index (χ4v) is 5.96. The number of carbonyl (C=O) groups is 1. The Morgan fingerprint density at radius 3 is 2.23 bits per heavy atom. The van der Waals surface area contributed by atoms with Gasteiger partial charge in [0.2, 0.25) is 15.9 Å². The number of benzene rings is 2. The van der Waals surface area contributed by atoms with Crippen molar-refractivity contribution >= 4 is 27.5 Å². The topological polar surface area (TPSA) is 69.7 Å². The van der Waals surface area contributed by atoms with Gasteiger partial charge in [-0.1, -0.05) is 47.5 Å². The molecule has 2 aromatic rings. The molecule has 1 aliphatic rings. The lowest BCUT2D eigenvalue weighted by Gasteiger charge is -2.34. The Bertz CT molecular complexity index is 1010. The van der Waals surface area contributed by atoms with Crippen molar-refractivity contribution in [1.82, 2.24) is 14.5 Å². The molecule has 6 nitrogen and oxygen atoms in total. The van der Waals surface area contributed by atoms with Crippen LogP contribution in [-0.4, -0.2) is 56.3 Å². The van der Waals surface area contributed by atoms with Crippen LogP contribution in [0.25, 0.3) is 0 Å². The first-order valence-electron chi connectivity index (χ1n) is 9.99. The van der Waals surface area contributed by atoms with E-state index in [-0.39, 0.29) is 12.5 Å². The highest BCUT2D eigenvalue weighted by molar-refractivity contribution is 7.89. The highest BCUT2D eigenvalue weighted by atomic mass is 35.5. The van der Waals surface area contributed by atoms with Crippen molar-refractivity contribution in [2.75, 3.05) is 32.7 Å². The second-order valence-electron chi connectivity index (χ2n) is 7.78. The third kappa shape index (κ3) is 5.21. The number of amides is 1. The van der Waals surface area contributed by atoms with Crippen molar-refractivity contribution in [1.29, 1.82) is 0 Å². The lowest BCUT2D eigenvalue weighted by molar-refractivity contribution is -0.122. The Hall–Kier alpha value is -1.93. The minimum absolute atomic E-state index is 0.101. The molecular weight excluding hydrogens is 422 g/mol. The van der Waals surface area contributed by atoms with Crippen LogP contribution < -0.4 is 5.32 Å². The third-order valence-corrected chi connectivity index (χ3v) is 7.91. The van der Waals surface area contributed by atoms with Crippen molar-refractivity contribution < 1.29 is 13.2 Å². The Morgan fingerprint density at radius 1 is 1.03 bits per heavy atom. The van der Waals surface area contributed by atoms with E-state index in [0.717, 1.165) is 22.3 Å². The van der Waals surface area contributed by atoms with Crippen LogP contribution in [0.1, 0.15) is 22.3 Å². The summed E-state index contributed by atoms with van der Waals surface area (Å²) in [5.74, 6) is -0.101. The summed E-state index contributed by atoms with van der Waals surface area (Å²) in [5.41, 5.74) is 3.46. The highest BCUT2D eigenvalue weighted by Crippen LogP contribution is 2.26. The molecule has 0 aliphatic carbocycles. The number of aryl methyl sites for hydroxylation is 3. The Labute approximate surface area is 183 Å². The number of carbonyl (C=O) groups excluding carboxylic acids is 1. The van der Waals surface area contributed by atoms with E-state index in [9.17, 15) is 13.2 Å². The summed E-state index contributed by atoms with van der Waals surface area (Å²) in [4.78, 5) is 14.7. The standard InChI is InChI=1S/C22H28ClN3O3S/c1-16-12-17(2)22(18(3)13-16)30(28,29)26-10-8-25(9-11-26)15-21(27)24-14-19-6-4-5-7-20(19)23/h4-7,12-13H,8-11,14-15H2,1-3H3,(H,24,27). The van der Waals surface area contributed by atoms with Crippen LogP contribution in [0.2, 0.25) is 5.02 Å². The zero-order valence-corrected chi connectivity index (χ0v) is 19.2. The van der Waals surface area contributed by atoms with E-state index < -0.39 is 10.0 Å². The monoisotopic (exact) mass is 449 g/mol. The molecule has 0 atom stereocenters. The highest BCUT2D eigenvalue weighted by Gasteiger charge is 2.31. The molecule has 1 heterocycles. The van der Waals surface area contributed by atoms with Crippen molar-refractivity contribution in [3.05, 3.63) is 63.7 Å². The first-order valence-corrected chi connectivity index (χ1v) is 11.8. The lowest BCUT2D eigenvalue weighted by Crippen LogP contribution is -2.51. The smallest absolute Gasteiger partial charge is 0.243 e. The normalized spacial score (nSPS) is 15.9. The fraction of sp³-hybridized carbons (Fsp3) is 0.409. The molecule has 0 unspecified atom stereocenters. The molecule has 30 heavy (non-hydrogen) atoms. The van der Waals surface area contributed by atoms with Crippen molar-refractivity contribution in [3.63, 3.8) is 0 Å². The summed E-state index contributed by atoms with van der Waals surface area (Å²) >= 11 is 6.12. The van der Waals surface area contributed by atoms with E-state index in [2.05, 4.69) is 5.32 Å². The van der Waals surface area contributed by atoms with E-state index in [1.807, 2.05) is 56.0 Å². The van der Waals surface area contributed by atoms with E-state index >= 15 is 0 Å². The predicted octanol–water partition coefficient (Wildman–Crippen LogP) is 2.89. The van der Waals surface area contributed by atoms with E-state index in [1.165, 1.54) is 4.31 Å². The van der Waals surface area contributed by atoms with E-state index in [4.69, 9.17) is 11.6 Å². The number of nitrogens with one attached hydrogen (secondary N) is 1. The SMILES string of the molecule is Cc1cc(C)c(S(=O)(=O)N2CCN(CC(=O)NCc3ccccc3Cl)CC2)c(C)c1. The molecule has 1 N–H and O–H groups in total. The van der Waals surface area contributed by atoms with Gasteiger partial charge in [0, 0.05) is 37.7 Å². The molecule has 162 valence electrons. The number of nitrogens with zero attached hydrogens (tertiary/aromatic N) is 2. The van der Waals surface area contributed by atoms with Gasteiger partial charge in [0.15, 0.2) is 0 Å². The molecule has 1 aliphatic heterocycles. The molecule has 0 radical (unpaired) electrons. The van der Waals surface area contributed by atoms with Gasteiger partial charge in [0.1, 0.15) is 0 Å². The van der Waals surface area contributed by atoms with Crippen molar-refractivity contribution in [2.45, 2.75) is 32.2 Å². The average Bonchev–Trinajstić information content (AvgIpc) is 2.67. The van der Waals surface area contributed by atoms with Gasteiger partial charge in [-0.25, -0.2) is 8.42 Å². The summed E-state index contributed by atoms with van der Waals surface area (Å²) in [5, 5.41) is 3.50. The Morgan fingerprint density at radius 2 is 1.63 bits per heavy atom. The van der Waals surface area contributed by atoms with Crippen molar-refractivity contribution in [3.8, 4) is 0 Å². The van der Waals surface area contributed by atoms with Crippen LogP contribution in [0.4, 0.5) is 0 Å². The fourth-order valence-electron chi connectivity index (χ4n) is 3.93. The molecule has 0 bridgehead atoms. The second kappa shape index (κ2) is 9.47. The van der Waals surface area contributed by atoms with E-state index in [0.29, 0.717) is 42.6 Å². The molecule has 2 aromatic carbocycles. The van der Waals surface area contributed by atoms with Gasteiger partial charge in [-0.2, -0.15) is 4.31 Å². The maximum absolute atomic E-state index is 13.2. The first-order chi connectivity index (χ1) is 14.2. The largest absolute Gasteiger partial charge is 0.351 e. The van der Waals surface area contributed by atoms with Crippen LogP contribution in [-0.2, 0) is 21.4 Å². The summed E-state index contributed by atoms with van der Waals surface area (Å²) in [6.45, 7) is 8.02. The predicted molar refractivity (Wildman–Crippen MR) is 119 cm³/mol. The summed E-state index contributed by atoms with van der Waals surface area (Å²) in [6, 6.07) is 11.2. The first kappa shape index (κ1) is 22.7. The number of piperazine rings is 1. The Balaban J connectivity index is 1.56. The second-order valence-corrected chi connectivity index (χ2v) is 10.1. The summed E-state index contributed by atoms with van der Waals surface area (Å²) < 4.78 is 27.9. The van der Waals surface area contributed by atoms with Crippen LogP contribution in [0.3, 0.4) is 0 Å². The van der Waals surface area contributed by atoms with Crippen molar-refractivity contribution in [2.24, 2.45) is 0 Å². The van der Waals surface area contributed by atoms with Gasteiger partial charge >= 0.3 is 0 Å². The van der Waals surface area contributed by atoms with Crippen LogP contribution in [0.15, 0.2) is 41.3 Å². The molecule has 1 saturated heterocycles. The van der Waals surface area contributed by atoms with E-state index in [1.54, 1.807) is 6.07 Å². The van der Waals surface area contributed by atoms with Gasteiger partial charge < -0.3 is 5.32 Å². The van der Waals surface area contributed by atoms with Gasteiger partial charge in [-0.15, -0.1) is 0 Å². The zero-order chi connectivity index (χ0) is 21.9. The molecule has 0 saturated carbocycles. The molecule has 3 rings (SSSR count). The molecule has 0 spiro atoms. The molecule has 1 amide bonds. The molecule has 8 heteroatoms. The number of halogens is 1. The molecule has 0 aromatic heterocycles. The number of rotatable bonds is 6. The van der Waals surface area contributed by atoms with Crippen LogP contribution in [0, 0.1) is 20.8 Å². The number of hydrogen-bond acceptors (Lipinski definition) is 4. The van der Waals surface area contributed by atoms with Gasteiger partial charge in [0.05, 0.1) is 11.4 Å². The molecule has 1 fully saturated rings. The lowest BCUT2D eigenvalue weighted by atomic mass is 10.1. The quantitative estimate of drug-likeness (QED) is 0.736. The number of hydrogen-bond donors (Lipinski definition) is 1. The van der Waals surface area contributed by atoms with Crippen LogP contribution in [0.5, 0.6) is 0 Å².